The van der Waals surface area contributed by atoms with Crippen molar-refractivity contribution in [2.24, 2.45) is 0 Å². The Kier molecular flexibility index (Phi) is 4.96. The summed E-state index contributed by atoms with van der Waals surface area (Å²) in [6.45, 7) is 8.62. The first-order valence-corrected chi connectivity index (χ1v) is 7.51. The van der Waals surface area contributed by atoms with Crippen molar-refractivity contribution in [2.45, 2.75) is 40.2 Å². The van der Waals surface area contributed by atoms with Crippen LogP contribution in [0.4, 0.5) is 21.0 Å². The van der Waals surface area contributed by atoms with E-state index in [-0.39, 0.29) is 11.4 Å². The van der Waals surface area contributed by atoms with Crippen molar-refractivity contribution < 1.29 is 24.0 Å². The van der Waals surface area contributed by atoms with Gasteiger partial charge in [0.05, 0.1) is 11.4 Å². The number of carboxylic acid groups (broad SMARTS) is 1. The minimum absolute atomic E-state index is 0.201. The predicted octanol–water partition coefficient (Wildman–Crippen LogP) is 3.79. The van der Waals surface area contributed by atoms with Crippen molar-refractivity contribution in [1.82, 2.24) is 10.1 Å². The summed E-state index contributed by atoms with van der Waals surface area (Å²) in [5.74, 6) is 0.201. The van der Waals surface area contributed by atoms with Crippen LogP contribution < -0.4 is 10.6 Å². The lowest BCUT2D eigenvalue weighted by Crippen LogP contribution is -2.27. The van der Waals surface area contributed by atoms with E-state index in [0.717, 1.165) is 0 Å². The molecule has 2 heterocycles. The van der Waals surface area contributed by atoms with Crippen molar-refractivity contribution >= 4 is 23.6 Å². The van der Waals surface area contributed by atoms with Crippen molar-refractivity contribution in [3.63, 3.8) is 0 Å². The highest BCUT2D eigenvalue weighted by molar-refractivity contribution is 5.89. The highest BCUT2D eigenvalue weighted by Crippen LogP contribution is 2.31. The number of nitrogens with one attached hydrogen (secondary N) is 2. The topological polar surface area (TPSA) is 127 Å². The third-order valence-electron chi connectivity index (χ3n) is 3.05. The molecular formula is C16H20N4O5. The maximum absolute atomic E-state index is 11.8. The van der Waals surface area contributed by atoms with E-state index in [1.54, 1.807) is 46.8 Å². The van der Waals surface area contributed by atoms with Gasteiger partial charge < -0.3 is 14.4 Å². The monoisotopic (exact) mass is 348 g/mol. The molecule has 0 unspecified atom stereocenters. The molecule has 0 saturated heterocycles. The van der Waals surface area contributed by atoms with Crippen molar-refractivity contribution in [3.8, 4) is 11.5 Å². The van der Waals surface area contributed by atoms with Gasteiger partial charge >= 0.3 is 12.2 Å². The quantitative estimate of drug-likeness (QED) is 0.770. The van der Waals surface area contributed by atoms with E-state index < -0.39 is 17.8 Å². The first-order chi connectivity index (χ1) is 11.6. The number of pyridine rings is 1. The predicted molar refractivity (Wildman–Crippen MR) is 90.7 cm³/mol. The molecule has 2 amide bonds. The zero-order valence-electron chi connectivity index (χ0n) is 14.6. The lowest BCUT2D eigenvalue weighted by Gasteiger charge is -2.20. The zero-order chi connectivity index (χ0) is 18.8. The molecule has 134 valence electrons. The fraction of sp³-hybridized carbons (Fsp3) is 0.375. The fourth-order valence-electron chi connectivity index (χ4n) is 2.03. The molecule has 0 aromatic carbocycles. The zero-order valence-corrected chi connectivity index (χ0v) is 14.6. The van der Waals surface area contributed by atoms with Gasteiger partial charge in [0.2, 0.25) is 5.76 Å². The van der Waals surface area contributed by atoms with Crippen molar-refractivity contribution in [1.29, 1.82) is 0 Å². The largest absolute Gasteiger partial charge is 0.465 e. The molecule has 0 aliphatic heterocycles. The standard InChI is InChI=1S/C16H20N4O5/c1-8-10(18-15(23)24-16(3,4)5)6-7-11(17-8)13-12(19-14(21)22)9(2)20-25-13/h6-7,19H,1-5H3,(H,18,23)(H,21,22). The maximum Gasteiger partial charge on any atom is 0.412 e. The average molecular weight is 348 g/mol. The number of carbonyl (C=O) groups excluding carboxylic acids is 1. The number of aryl methyl sites for hydroxylation is 2. The summed E-state index contributed by atoms with van der Waals surface area (Å²) in [5.41, 5.74) is 1.39. The molecular weight excluding hydrogens is 328 g/mol. The third kappa shape index (κ3) is 4.69. The molecule has 0 atom stereocenters. The van der Waals surface area contributed by atoms with Gasteiger partial charge in [-0.3, -0.25) is 10.6 Å². The fourth-order valence-corrected chi connectivity index (χ4v) is 2.03. The normalized spacial score (nSPS) is 11.1. The number of rotatable bonds is 3. The summed E-state index contributed by atoms with van der Waals surface area (Å²) < 4.78 is 10.4. The van der Waals surface area contributed by atoms with Crippen LogP contribution in [-0.4, -0.2) is 33.0 Å². The summed E-state index contributed by atoms with van der Waals surface area (Å²) >= 11 is 0. The van der Waals surface area contributed by atoms with Gasteiger partial charge in [-0.1, -0.05) is 5.16 Å². The summed E-state index contributed by atoms with van der Waals surface area (Å²) in [5, 5.41) is 17.5. The molecule has 0 saturated carbocycles. The maximum atomic E-state index is 11.8. The third-order valence-corrected chi connectivity index (χ3v) is 3.05. The van der Waals surface area contributed by atoms with Crippen LogP contribution in [0.2, 0.25) is 0 Å². The minimum Gasteiger partial charge on any atom is -0.465 e. The number of nitrogens with zero attached hydrogens (tertiary/aromatic N) is 2. The van der Waals surface area contributed by atoms with E-state index in [0.29, 0.717) is 22.8 Å². The van der Waals surface area contributed by atoms with E-state index in [1.807, 2.05) is 0 Å². The molecule has 2 rings (SSSR count). The Balaban J connectivity index is 2.26. The number of carbonyl (C=O) groups is 2. The second kappa shape index (κ2) is 6.80. The second-order valence-electron chi connectivity index (χ2n) is 6.36. The Morgan fingerprint density at radius 3 is 2.40 bits per heavy atom. The van der Waals surface area contributed by atoms with E-state index in [4.69, 9.17) is 14.4 Å². The Bertz CT molecular complexity index is 807. The minimum atomic E-state index is -1.23. The Morgan fingerprint density at radius 2 is 1.84 bits per heavy atom. The highest BCUT2D eigenvalue weighted by Gasteiger charge is 2.20. The molecule has 0 aliphatic carbocycles. The van der Waals surface area contributed by atoms with Crippen LogP contribution in [-0.2, 0) is 4.74 Å². The Morgan fingerprint density at radius 1 is 1.16 bits per heavy atom. The summed E-state index contributed by atoms with van der Waals surface area (Å²) in [6, 6.07) is 3.22. The van der Waals surface area contributed by atoms with Gasteiger partial charge in [0.1, 0.15) is 22.7 Å². The molecule has 0 spiro atoms. The number of aromatic nitrogens is 2. The summed E-state index contributed by atoms with van der Waals surface area (Å²) in [6.07, 6.45) is -1.82. The second-order valence-corrected chi connectivity index (χ2v) is 6.36. The summed E-state index contributed by atoms with van der Waals surface area (Å²) in [4.78, 5) is 27.1. The van der Waals surface area contributed by atoms with Crippen molar-refractivity contribution in [3.05, 3.63) is 23.5 Å². The van der Waals surface area contributed by atoms with Gasteiger partial charge in [-0.05, 0) is 46.8 Å². The number of ether oxygens (including phenoxy) is 1. The number of amides is 2. The molecule has 9 nitrogen and oxygen atoms in total. The molecule has 3 N–H and O–H groups in total. The van der Waals surface area contributed by atoms with Crippen LogP contribution in [0.3, 0.4) is 0 Å². The lowest BCUT2D eigenvalue weighted by molar-refractivity contribution is 0.0635. The van der Waals surface area contributed by atoms with Gasteiger partial charge in [0.25, 0.3) is 0 Å². The number of hydrogen-bond acceptors (Lipinski definition) is 6. The lowest BCUT2D eigenvalue weighted by atomic mass is 10.2. The van der Waals surface area contributed by atoms with Crippen LogP contribution >= 0.6 is 0 Å². The van der Waals surface area contributed by atoms with Crippen molar-refractivity contribution in [2.75, 3.05) is 10.6 Å². The van der Waals surface area contributed by atoms with Gasteiger partial charge in [-0.2, -0.15) is 0 Å². The molecule has 9 heteroatoms. The molecule has 25 heavy (non-hydrogen) atoms. The van der Waals surface area contributed by atoms with E-state index in [2.05, 4.69) is 20.8 Å². The molecule has 2 aromatic heterocycles. The van der Waals surface area contributed by atoms with E-state index >= 15 is 0 Å². The molecule has 0 bridgehead atoms. The first-order valence-electron chi connectivity index (χ1n) is 7.51. The van der Waals surface area contributed by atoms with Gasteiger partial charge in [-0.15, -0.1) is 0 Å². The summed E-state index contributed by atoms with van der Waals surface area (Å²) in [7, 11) is 0. The SMILES string of the molecule is Cc1nc(-c2onc(C)c2NC(=O)O)ccc1NC(=O)OC(C)(C)C. The average Bonchev–Trinajstić information content (AvgIpc) is 2.80. The highest BCUT2D eigenvalue weighted by atomic mass is 16.6. The van der Waals surface area contributed by atoms with Gasteiger partial charge in [-0.25, -0.2) is 14.6 Å². The molecule has 2 aromatic rings. The van der Waals surface area contributed by atoms with Crippen LogP contribution in [0.15, 0.2) is 16.7 Å². The molecule has 0 radical (unpaired) electrons. The molecule has 0 fully saturated rings. The first kappa shape index (κ1) is 18.2. The van der Waals surface area contributed by atoms with Crippen LogP contribution in [0.1, 0.15) is 32.2 Å². The molecule has 0 aliphatic rings. The van der Waals surface area contributed by atoms with Gasteiger partial charge in [0, 0.05) is 0 Å². The van der Waals surface area contributed by atoms with E-state index in [1.165, 1.54) is 0 Å². The Hall–Kier alpha value is -3.10. The smallest absolute Gasteiger partial charge is 0.412 e. The van der Waals surface area contributed by atoms with Crippen LogP contribution in [0, 0.1) is 13.8 Å². The van der Waals surface area contributed by atoms with Gasteiger partial charge in [0.15, 0.2) is 0 Å². The Labute approximate surface area is 144 Å². The van der Waals surface area contributed by atoms with Crippen LogP contribution in [0.25, 0.3) is 11.5 Å². The van der Waals surface area contributed by atoms with E-state index in [9.17, 15) is 9.59 Å². The van der Waals surface area contributed by atoms with Crippen LogP contribution in [0.5, 0.6) is 0 Å². The number of anilines is 2. The number of hydrogen-bond donors (Lipinski definition) is 3.